The summed E-state index contributed by atoms with van der Waals surface area (Å²) < 4.78 is 5.25. The Kier molecular flexibility index (Phi) is 4.00. The molecule has 19 heavy (non-hydrogen) atoms. The average Bonchev–Trinajstić information content (AvgIpc) is 2.46. The van der Waals surface area contributed by atoms with Crippen LogP contribution in [0.25, 0.3) is 0 Å². The number of rotatable bonds is 3. The van der Waals surface area contributed by atoms with Gasteiger partial charge in [-0.3, -0.25) is 4.79 Å². The largest absolute Gasteiger partial charge is 0.392 e. The maximum Gasteiger partial charge on any atom is 0.242 e. The summed E-state index contributed by atoms with van der Waals surface area (Å²) >= 11 is 0. The summed E-state index contributed by atoms with van der Waals surface area (Å²) in [6, 6.07) is 6.58. The second-order valence-electron chi connectivity index (χ2n) is 4.31. The molecule has 1 fully saturated rings. The molecule has 0 saturated carbocycles. The Morgan fingerprint density at radius 3 is 3.05 bits per heavy atom. The van der Waals surface area contributed by atoms with Gasteiger partial charge in [0.05, 0.1) is 31.1 Å². The van der Waals surface area contributed by atoms with Gasteiger partial charge < -0.3 is 20.5 Å². The third-order valence-corrected chi connectivity index (χ3v) is 3.13. The summed E-state index contributed by atoms with van der Waals surface area (Å²) in [5, 5.41) is 18.3. The molecule has 1 aromatic rings. The van der Waals surface area contributed by atoms with Crippen molar-refractivity contribution in [2.45, 2.75) is 12.6 Å². The Hall–Kier alpha value is -2.10. The molecule has 0 bridgehead atoms. The molecule has 0 spiro atoms. The SMILES string of the molecule is N#Cc1cc(CO)ccc1N1CCOCC1C(N)=O. The Labute approximate surface area is 111 Å². The third-order valence-electron chi connectivity index (χ3n) is 3.13. The minimum atomic E-state index is -0.569. The summed E-state index contributed by atoms with van der Waals surface area (Å²) in [4.78, 5) is 13.2. The first-order chi connectivity index (χ1) is 9.17. The molecule has 1 aliphatic rings. The number of aliphatic hydroxyl groups is 1. The molecular formula is C13H15N3O3. The molecule has 0 radical (unpaired) electrons. The van der Waals surface area contributed by atoms with Crippen molar-refractivity contribution >= 4 is 11.6 Å². The summed E-state index contributed by atoms with van der Waals surface area (Å²) in [5.41, 5.74) is 7.08. The molecule has 3 N–H and O–H groups in total. The van der Waals surface area contributed by atoms with Gasteiger partial charge in [0.2, 0.25) is 5.91 Å². The lowest BCUT2D eigenvalue weighted by Crippen LogP contribution is -2.52. The van der Waals surface area contributed by atoms with Crippen LogP contribution < -0.4 is 10.6 Å². The normalized spacial score (nSPS) is 18.9. The minimum absolute atomic E-state index is 0.128. The van der Waals surface area contributed by atoms with Crippen molar-refractivity contribution in [1.82, 2.24) is 0 Å². The summed E-state index contributed by atoms with van der Waals surface area (Å²) in [6.45, 7) is 1.08. The van der Waals surface area contributed by atoms with E-state index < -0.39 is 11.9 Å². The van der Waals surface area contributed by atoms with E-state index in [-0.39, 0.29) is 13.2 Å². The molecule has 100 valence electrons. The zero-order chi connectivity index (χ0) is 13.8. The van der Waals surface area contributed by atoms with Crippen molar-refractivity contribution in [2.24, 2.45) is 5.73 Å². The van der Waals surface area contributed by atoms with Crippen molar-refractivity contribution in [3.63, 3.8) is 0 Å². The van der Waals surface area contributed by atoms with Crippen LogP contribution in [0.3, 0.4) is 0 Å². The van der Waals surface area contributed by atoms with Gasteiger partial charge >= 0.3 is 0 Å². The van der Waals surface area contributed by atoms with E-state index in [1.165, 1.54) is 0 Å². The second kappa shape index (κ2) is 5.69. The maximum atomic E-state index is 11.4. The van der Waals surface area contributed by atoms with E-state index in [2.05, 4.69) is 6.07 Å². The highest BCUT2D eigenvalue weighted by Crippen LogP contribution is 2.25. The van der Waals surface area contributed by atoms with E-state index in [1.54, 1.807) is 23.1 Å². The second-order valence-corrected chi connectivity index (χ2v) is 4.31. The van der Waals surface area contributed by atoms with Crippen molar-refractivity contribution in [3.8, 4) is 6.07 Å². The zero-order valence-corrected chi connectivity index (χ0v) is 10.4. The number of amides is 1. The lowest BCUT2D eigenvalue weighted by Gasteiger charge is -2.35. The Balaban J connectivity index is 2.39. The van der Waals surface area contributed by atoms with E-state index in [4.69, 9.17) is 15.6 Å². The predicted molar refractivity (Wildman–Crippen MR) is 68.2 cm³/mol. The van der Waals surface area contributed by atoms with Crippen LogP contribution in [0.15, 0.2) is 18.2 Å². The third kappa shape index (κ3) is 2.67. The first-order valence-electron chi connectivity index (χ1n) is 5.95. The van der Waals surface area contributed by atoms with Crippen LogP contribution in [0.2, 0.25) is 0 Å². The summed E-state index contributed by atoms with van der Waals surface area (Å²) in [7, 11) is 0. The lowest BCUT2D eigenvalue weighted by atomic mass is 10.1. The molecule has 1 aromatic carbocycles. The standard InChI is InChI=1S/C13H15N3O3/c14-6-10-5-9(7-17)1-2-11(10)16-3-4-19-8-12(16)13(15)18/h1-2,5,12,17H,3-4,7-8H2,(H2,15,18). The smallest absolute Gasteiger partial charge is 0.242 e. The molecule has 0 aliphatic carbocycles. The van der Waals surface area contributed by atoms with Crippen LogP contribution in [0.5, 0.6) is 0 Å². The van der Waals surface area contributed by atoms with Crippen LogP contribution in [-0.2, 0) is 16.1 Å². The quantitative estimate of drug-likeness (QED) is 0.781. The van der Waals surface area contributed by atoms with Crippen molar-refractivity contribution in [2.75, 3.05) is 24.7 Å². The number of hydrogen-bond acceptors (Lipinski definition) is 5. The highest BCUT2D eigenvalue weighted by atomic mass is 16.5. The number of carbonyl (C=O) groups excluding carboxylic acids is 1. The van der Waals surface area contributed by atoms with Gasteiger partial charge in [0.15, 0.2) is 0 Å². The minimum Gasteiger partial charge on any atom is -0.392 e. The fourth-order valence-corrected chi connectivity index (χ4v) is 2.15. The molecule has 6 nitrogen and oxygen atoms in total. The van der Waals surface area contributed by atoms with E-state index in [9.17, 15) is 10.1 Å². The highest BCUT2D eigenvalue weighted by Gasteiger charge is 2.29. The molecule has 1 heterocycles. The number of benzene rings is 1. The van der Waals surface area contributed by atoms with Crippen LogP contribution in [-0.4, -0.2) is 36.8 Å². The first-order valence-corrected chi connectivity index (χ1v) is 5.95. The molecule has 6 heteroatoms. The molecule has 1 atom stereocenters. The molecule has 1 amide bonds. The van der Waals surface area contributed by atoms with E-state index in [0.717, 1.165) is 0 Å². The molecule has 2 rings (SSSR count). The summed E-state index contributed by atoms with van der Waals surface area (Å²) in [5.74, 6) is -0.477. The van der Waals surface area contributed by atoms with E-state index >= 15 is 0 Å². The van der Waals surface area contributed by atoms with Crippen LogP contribution in [0, 0.1) is 11.3 Å². The van der Waals surface area contributed by atoms with Crippen molar-refractivity contribution in [1.29, 1.82) is 5.26 Å². The Morgan fingerprint density at radius 1 is 1.63 bits per heavy atom. The number of carbonyl (C=O) groups is 1. The number of aliphatic hydroxyl groups excluding tert-OH is 1. The topological polar surface area (TPSA) is 99.6 Å². The molecular weight excluding hydrogens is 246 g/mol. The number of morpholine rings is 1. The van der Waals surface area contributed by atoms with E-state index in [0.29, 0.717) is 30.0 Å². The lowest BCUT2D eigenvalue weighted by molar-refractivity contribution is -0.121. The molecule has 1 aliphatic heterocycles. The number of nitriles is 1. The maximum absolute atomic E-state index is 11.4. The van der Waals surface area contributed by atoms with Crippen molar-refractivity contribution in [3.05, 3.63) is 29.3 Å². The van der Waals surface area contributed by atoms with E-state index in [1.807, 2.05) is 0 Å². The van der Waals surface area contributed by atoms with Gasteiger partial charge in [0.25, 0.3) is 0 Å². The monoisotopic (exact) mass is 261 g/mol. The fourth-order valence-electron chi connectivity index (χ4n) is 2.15. The van der Waals surface area contributed by atoms with Gasteiger partial charge in [0, 0.05) is 6.54 Å². The van der Waals surface area contributed by atoms with Crippen LogP contribution in [0.4, 0.5) is 5.69 Å². The van der Waals surface area contributed by atoms with Gasteiger partial charge in [-0.1, -0.05) is 6.07 Å². The van der Waals surface area contributed by atoms with Gasteiger partial charge in [-0.2, -0.15) is 5.26 Å². The zero-order valence-electron chi connectivity index (χ0n) is 10.4. The van der Waals surface area contributed by atoms with Gasteiger partial charge in [-0.05, 0) is 17.7 Å². The Bertz CT molecular complexity index is 524. The Morgan fingerprint density at radius 2 is 2.42 bits per heavy atom. The van der Waals surface area contributed by atoms with Crippen LogP contribution in [0.1, 0.15) is 11.1 Å². The van der Waals surface area contributed by atoms with Gasteiger partial charge in [-0.25, -0.2) is 0 Å². The number of nitrogens with zero attached hydrogens (tertiary/aromatic N) is 2. The molecule has 1 saturated heterocycles. The van der Waals surface area contributed by atoms with Gasteiger partial charge in [0.1, 0.15) is 12.1 Å². The first kappa shape index (κ1) is 13.3. The number of anilines is 1. The number of primary amides is 1. The van der Waals surface area contributed by atoms with Gasteiger partial charge in [-0.15, -0.1) is 0 Å². The molecule has 0 aromatic heterocycles. The number of nitrogens with two attached hydrogens (primary N) is 1. The van der Waals surface area contributed by atoms with Crippen molar-refractivity contribution < 1.29 is 14.6 Å². The number of hydrogen-bond donors (Lipinski definition) is 2. The highest BCUT2D eigenvalue weighted by molar-refractivity contribution is 5.84. The number of ether oxygens (including phenoxy) is 1. The average molecular weight is 261 g/mol. The summed E-state index contributed by atoms with van der Waals surface area (Å²) in [6.07, 6.45) is 0. The predicted octanol–water partition coefficient (Wildman–Crippen LogP) is -0.259. The molecule has 1 unspecified atom stereocenters. The van der Waals surface area contributed by atoms with Crippen LogP contribution >= 0.6 is 0 Å². The fraction of sp³-hybridized carbons (Fsp3) is 0.385.